The summed E-state index contributed by atoms with van der Waals surface area (Å²) in [6, 6.07) is 1.97. The van der Waals surface area contributed by atoms with Crippen molar-refractivity contribution in [2.75, 3.05) is 7.05 Å². The second-order valence-corrected chi connectivity index (χ2v) is 6.35. The lowest BCUT2D eigenvalue weighted by Crippen LogP contribution is -2.07. The predicted molar refractivity (Wildman–Crippen MR) is 78.7 cm³/mol. The minimum atomic E-state index is -1.45. The summed E-state index contributed by atoms with van der Waals surface area (Å²) in [6.07, 6.45) is 0.791. The molecule has 0 saturated heterocycles. The molecule has 2 rings (SSSR count). The Kier molecular flexibility index (Phi) is 5.00. The van der Waals surface area contributed by atoms with Gasteiger partial charge < -0.3 is 5.32 Å². The van der Waals surface area contributed by atoms with Gasteiger partial charge in [0.15, 0.2) is 17.5 Å². The minimum Gasteiger partial charge on any atom is -0.315 e. The number of rotatable bonds is 5. The van der Waals surface area contributed by atoms with Crippen molar-refractivity contribution in [2.24, 2.45) is 5.92 Å². The van der Waals surface area contributed by atoms with Crippen LogP contribution < -0.4 is 5.32 Å². The number of aromatic nitrogens is 1. The van der Waals surface area contributed by atoms with Gasteiger partial charge in [0, 0.05) is 17.0 Å². The molecule has 2 nitrogen and oxygen atoms in total. The quantitative estimate of drug-likeness (QED) is 0.839. The molecule has 0 amide bonds. The van der Waals surface area contributed by atoms with Gasteiger partial charge in [-0.05, 0) is 31.5 Å². The largest absolute Gasteiger partial charge is 0.315 e. The van der Waals surface area contributed by atoms with E-state index in [1.165, 1.54) is 11.3 Å². The molecule has 6 heteroatoms. The summed E-state index contributed by atoms with van der Waals surface area (Å²) in [5, 5.41) is 3.56. The second-order valence-electron chi connectivity index (χ2n) is 5.27. The number of nitrogens with zero attached hydrogens (tertiary/aromatic N) is 1. The van der Waals surface area contributed by atoms with Crippen molar-refractivity contribution in [3.8, 4) is 10.6 Å². The Bertz CT molecular complexity index is 615. The van der Waals surface area contributed by atoms with Crippen LogP contribution in [-0.4, -0.2) is 12.0 Å². The first-order chi connectivity index (χ1) is 9.92. The highest BCUT2D eigenvalue weighted by atomic mass is 32.1. The molecular formula is C15H17F3N2S. The molecule has 1 heterocycles. The number of benzene rings is 1. The maximum absolute atomic E-state index is 13.3. The highest BCUT2D eigenvalue weighted by molar-refractivity contribution is 7.15. The average molecular weight is 314 g/mol. The molecule has 1 aromatic carbocycles. The van der Waals surface area contributed by atoms with Crippen LogP contribution in [0.4, 0.5) is 13.2 Å². The predicted octanol–water partition coefficient (Wildman–Crippen LogP) is 4.15. The van der Waals surface area contributed by atoms with E-state index in [0.717, 1.165) is 29.1 Å². The third kappa shape index (κ3) is 3.63. The molecule has 0 aliphatic rings. The molecule has 0 radical (unpaired) electrons. The van der Waals surface area contributed by atoms with Crippen LogP contribution in [0.5, 0.6) is 0 Å². The lowest BCUT2D eigenvalue weighted by Gasteiger charge is -2.03. The standard InChI is InChI=1S/C15H17F3N2S/c1-8(2)4-12-13(7-19-3)21-15(20-12)9-5-10(16)14(18)11(17)6-9/h5-6,8,19H,4,7H2,1-3H3. The number of nitrogens with one attached hydrogen (secondary N) is 1. The average Bonchev–Trinajstić information content (AvgIpc) is 2.78. The zero-order valence-corrected chi connectivity index (χ0v) is 13.0. The fourth-order valence-corrected chi connectivity index (χ4v) is 3.12. The van der Waals surface area contributed by atoms with E-state index in [4.69, 9.17) is 0 Å². The van der Waals surface area contributed by atoms with Gasteiger partial charge in [-0.3, -0.25) is 0 Å². The van der Waals surface area contributed by atoms with Crippen LogP contribution in [0.15, 0.2) is 12.1 Å². The van der Waals surface area contributed by atoms with Gasteiger partial charge in [0.1, 0.15) is 5.01 Å². The fourth-order valence-electron chi connectivity index (χ4n) is 2.03. The Morgan fingerprint density at radius 2 is 1.81 bits per heavy atom. The SMILES string of the molecule is CNCc1sc(-c2cc(F)c(F)c(F)c2)nc1CC(C)C. The van der Waals surface area contributed by atoms with Crippen molar-refractivity contribution in [3.05, 3.63) is 40.2 Å². The first kappa shape index (κ1) is 16.0. The summed E-state index contributed by atoms with van der Waals surface area (Å²) in [4.78, 5) is 5.51. The van der Waals surface area contributed by atoms with Gasteiger partial charge in [-0.2, -0.15) is 0 Å². The zero-order valence-electron chi connectivity index (χ0n) is 12.1. The number of halogens is 3. The van der Waals surface area contributed by atoms with Crippen molar-refractivity contribution in [1.29, 1.82) is 0 Å². The van der Waals surface area contributed by atoms with Crippen molar-refractivity contribution in [1.82, 2.24) is 10.3 Å². The molecule has 0 bridgehead atoms. The van der Waals surface area contributed by atoms with Gasteiger partial charge in [0.25, 0.3) is 0 Å². The van der Waals surface area contributed by atoms with Gasteiger partial charge in [-0.25, -0.2) is 18.2 Å². The van der Waals surface area contributed by atoms with E-state index in [-0.39, 0.29) is 5.56 Å². The van der Waals surface area contributed by atoms with Crippen LogP contribution >= 0.6 is 11.3 Å². The smallest absolute Gasteiger partial charge is 0.194 e. The third-order valence-electron chi connectivity index (χ3n) is 2.95. The first-order valence-electron chi connectivity index (χ1n) is 6.70. The molecule has 0 atom stereocenters. The minimum absolute atomic E-state index is 0.267. The molecule has 114 valence electrons. The Morgan fingerprint density at radius 1 is 1.19 bits per heavy atom. The van der Waals surface area contributed by atoms with E-state index in [1.807, 2.05) is 7.05 Å². The fraction of sp³-hybridized carbons (Fsp3) is 0.400. The van der Waals surface area contributed by atoms with Gasteiger partial charge in [0.2, 0.25) is 0 Å². The van der Waals surface area contributed by atoms with Gasteiger partial charge in [-0.1, -0.05) is 13.8 Å². The molecule has 2 aromatic rings. The van der Waals surface area contributed by atoms with Crippen molar-refractivity contribution < 1.29 is 13.2 Å². The van der Waals surface area contributed by atoms with E-state index in [9.17, 15) is 13.2 Å². The summed E-state index contributed by atoms with van der Waals surface area (Å²) in [5.74, 6) is -3.41. The molecule has 0 saturated carbocycles. The van der Waals surface area contributed by atoms with Crippen molar-refractivity contribution in [3.63, 3.8) is 0 Å². The highest BCUT2D eigenvalue weighted by Crippen LogP contribution is 2.31. The summed E-state index contributed by atoms with van der Waals surface area (Å²) in [5.41, 5.74) is 1.19. The first-order valence-corrected chi connectivity index (χ1v) is 7.52. The van der Waals surface area contributed by atoms with Crippen LogP contribution in [0.2, 0.25) is 0 Å². The molecule has 1 N–H and O–H groups in total. The Morgan fingerprint density at radius 3 is 2.33 bits per heavy atom. The lowest BCUT2D eigenvalue weighted by atomic mass is 10.1. The topological polar surface area (TPSA) is 24.9 Å². The molecular weight excluding hydrogens is 297 g/mol. The molecule has 0 fully saturated rings. The molecule has 0 unspecified atom stereocenters. The molecule has 0 aliphatic heterocycles. The van der Waals surface area contributed by atoms with Crippen LogP contribution in [0.25, 0.3) is 10.6 Å². The molecule has 0 spiro atoms. The Labute approximate surface area is 126 Å². The Balaban J connectivity index is 2.44. The molecule has 1 aromatic heterocycles. The summed E-state index contributed by atoms with van der Waals surface area (Å²) < 4.78 is 39.7. The van der Waals surface area contributed by atoms with Gasteiger partial charge >= 0.3 is 0 Å². The number of hydrogen-bond acceptors (Lipinski definition) is 3. The monoisotopic (exact) mass is 314 g/mol. The van der Waals surface area contributed by atoms with Gasteiger partial charge in [-0.15, -0.1) is 11.3 Å². The summed E-state index contributed by atoms with van der Waals surface area (Å²) in [7, 11) is 1.83. The maximum atomic E-state index is 13.3. The zero-order chi connectivity index (χ0) is 15.6. The maximum Gasteiger partial charge on any atom is 0.194 e. The van der Waals surface area contributed by atoms with Gasteiger partial charge in [0.05, 0.1) is 5.69 Å². The van der Waals surface area contributed by atoms with E-state index < -0.39 is 17.5 Å². The normalized spacial score (nSPS) is 11.4. The lowest BCUT2D eigenvalue weighted by molar-refractivity contribution is 0.447. The third-order valence-corrected chi connectivity index (χ3v) is 4.09. The van der Waals surface area contributed by atoms with E-state index >= 15 is 0 Å². The van der Waals surface area contributed by atoms with Crippen molar-refractivity contribution in [2.45, 2.75) is 26.8 Å². The van der Waals surface area contributed by atoms with Crippen LogP contribution in [0, 0.1) is 23.4 Å². The van der Waals surface area contributed by atoms with E-state index in [0.29, 0.717) is 17.5 Å². The molecule has 21 heavy (non-hydrogen) atoms. The summed E-state index contributed by atoms with van der Waals surface area (Å²) in [6.45, 7) is 4.81. The van der Waals surface area contributed by atoms with Crippen LogP contribution in [-0.2, 0) is 13.0 Å². The van der Waals surface area contributed by atoms with Crippen LogP contribution in [0.3, 0.4) is 0 Å². The van der Waals surface area contributed by atoms with Crippen molar-refractivity contribution >= 4 is 11.3 Å². The summed E-state index contributed by atoms with van der Waals surface area (Å²) >= 11 is 1.37. The number of hydrogen-bond donors (Lipinski definition) is 1. The van der Waals surface area contributed by atoms with E-state index in [2.05, 4.69) is 24.1 Å². The van der Waals surface area contributed by atoms with E-state index in [1.54, 1.807) is 0 Å². The molecule has 0 aliphatic carbocycles. The van der Waals surface area contributed by atoms with Crippen LogP contribution in [0.1, 0.15) is 24.4 Å². The number of thiazole rings is 1. The highest BCUT2D eigenvalue weighted by Gasteiger charge is 2.17. The second kappa shape index (κ2) is 6.58. The Hall–Kier alpha value is -1.40.